The standard InChI is InChI=1S/C24H18N4O/c29-24(19-15-27-20-9-5-4-8-18(19)20)23(16-6-2-1-3-7-16)28-17-10-11-21-22(14-17)26-13-12-25-21/h1-15,23,27-28H. The van der Waals surface area contributed by atoms with Crippen molar-refractivity contribution in [3.8, 4) is 0 Å². The lowest BCUT2D eigenvalue weighted by atomic mass is 9.96. The fourth-order valence-corrected chi connectivity index (χ4v) is 3.60. The Kier molecular flexibility index (Phi) is 4.26. The molecule has 0 bridgehead atoms. The molecule has 0 spiro atoms. The average molecular weight is 378 g/mol. The molecule has 0 radical (unpaired) electrons. The van der Waals surface area contributed by atoms with Crippen molar-refractivity contribution < 1.29 is 4.79 Å². The molecule has 2 aromatic heterocycles. The summed E-state index contributed by atoms with van der Waals surface area (Å²) in [5.41, 5.74) is 4.94. The summed E-state index contributed by atoms with van der Waals surface area (Å²) >= 11 is 0. The van der Waals surface area contributed by atoms with E-state index in [1.807, 2.05) is 72.8 Å². The summed E-state index contributed by atoms with van der Waals surface area (Å²) in [6, 6.07) is 22.8. The van der Waals surface area contributed by atoms with Crippen LogP contribution in [0.1, 0.15) is 22.0 Å². The minimum absolute atomic E-state index is 0.00731. The number of anilines is 1. The van der Waals surface area contributed by atoms with E-state index in [0.717, 1.165) is 33.2 Å². The van der Waals surface area contributed by atoms with E-state index in [9.17, 15) is 4.79 Å². The molecule has 1 atom stereocenters. The summed E-state index contributed by atoms with van der Waals surface area (Å²) in [5, 5.41) is 4.33. The topological polar surface area (TPSA) is 70.7 Å². The Bertz CT molecular complexity index is 1310. The predicted molar refractivity (Wildman–Crippen MR) is 115 cm³/mol. The first kappa shape index (κ1) is 17.1. The van der Waals surface area contributed by atoms with E-state index in [2.05, 4.69) is 20.3 Å². The number of carbonyl (C=O) groups excluding carboxylic acids is 1. The van der Waals surface area contributed by atoms with Crippen LogP contribution in [-0.4, -0.2) is 20.7 Å². The van der Waals surface area contributed by atoms with Crippen molar-refractivity contribution in [2.45, 2.75) is 6.04 Å². The highest BCUT2D eigenvalue weighted by Gasteiger charge is 2.24. The first-order chi connectivity index (χ1) is 14.3. The first-order valence-electron chi connectivity index (χ1n) is 9.42. The normalized spacial score (nSPS) is 12.1. The van der Waals surface area contributed by atoms with Crippen molar-refractivity contribution in [3.05, 3.63) is 103 Å². The molecule has 0 aliphatic rings. The summed E-state index contributed by atoms with van der Waals surface area (Å²) in [4.78, 5) is 25.4. The predicted octanol–water partition coefficient (Wildman–Crippen LogP) is 5.15. The quantitative estimate of drug-likeness (QED) is 0.415. The Labute approximate surface area is 167 Å². The van der Waals surface area contributed by atoms with E-state index >= 15 is 0 Å². The zero-order valence-corrected chi connectivity index (χ0v) is 15.5. The number of hydrogen-bond donors (Lipinski definition) is 2. The molecule has 5 aromatic rings. The van der Waals surface area contributed by atoms with Gasteiger partial charge in [0.05, 0.1) is 11.0 Å². The third-order valence-corrected chi connectivity index (χ3v) is 5.03. The van der Waals surface area contributed by atoms with Gasteiger partial charge in [0.1, 0.15) is 6.04 Å². The number of para-hydroxylation sites is 1. The van der Waals surface area contributed by atoms with Crippen LogP contribution in [0.25, 0.3) is 21.9 Å². The number of Topliss-reactive ketones (excluding diaryl/α,β-unsaturated/α-hetero) is 1. The van der Waals surface area contributed by atoms with Crippen molar-refractivity contribution in [2.24, 2.45) is 0 Å². The maximum atomic E-state index is 13.6. The Morgan fingerprint density at radius 2 is 1.62 bits per heavy atom. The second kappa shape index (κ2) is 7.20. The van der Waals surface area contributed by atoms with E-state index in [-0.39, 0.29) is 5.78 Å². The molecule has 29 heavy (non-hydrogen) atoms. The van der Waals surface area contributed by atoms with Gasteiger partial charge in [-0.25, -0.2) is 0 Å². The summed E-state index contributed by atoms with van der Waals surface area (Å²) in [6.07, 6.45) is 5.12. The van der Waals surface area contributed by atoms with Crippen LogP contribution in [-0.2, 0) is 0 Å². The molecule has 5 nitrogen and oxygen atoms in total. The Hall–Kier alpha value is -3.99. The van der Waals surface area contributed by atoms with Crippen LogP contribution in [0.15, 0.2) is 91.4 Å². The molecule has 0 aliphatic heterocycles. The second-order valence-electron chi connectivity index (χ2n) is 6.86. The molecular formula is C24H18N4O. The Morgan fingerprint density at radius 1 is 0.862 bits per heavy atom. The van der Waals surface area contributed by atoms with E-state index in [4.69, 9.17) is 0 Å². The zero-order chi connectivity index (χ0) is 19.6. The number of H-pyrrole nitrogens is 1. The van der Waals surface area contributed by atoms with Crippen LogP contribution in [0.3, 0.4) is 0 Å². The van der Waals surface area contributed by atoms with Gasteiger partial charge in [0.25, 0.3) is 0 Å². The van der Waals surface area contributed by atoms with Gasteiger partial charge in [-0.3, -0.25) is 14.8 Å². The van der Waals surface area contributed by atoms with Crippen molar-refractivity contribution in [1.29, 1.82) is 0 Å². The van der Waals surface area contributed by atoms with Gasteiger partial charge in [0.15, 0.2) is 5.78 Å². The summed E-state index contributed by atoms with van der Waals surface area (Å²) in [5.74, 6) is 0.00731. The third kappa shape index (κ3) is 3.23. The molecule has 5 rings (SSSR count). The smallest absolute Gasteiger partial charge is 0.191 e. The van der Waals surface area contributed by atoms with Crippen LogP contribution in [0, 0.1) is 0 Å². The molecule has 2 N–H and O–H groups in total. The summed E-state index contributed by atoms with van der Waals surface area (Å²) in [7, 11) is 0. The van der Waals surface area contributed by atoms with Crippen LogP contribution in [0.4, 0.5) is 5.69 Å². The molecule has 140 valence electrons. The maximum absolute atomic E-state index is 13.6. The van der Waals surface area contributed by atoms with E-state index in [0.29, 0.717) is 5.56 Å². The molecule has 1 unspecified atom stereocenters. The number of nitrogens with one attached hydrogen (secondary N) is 2. The minimum Gasteiger partial charge on any atom is -0.371 e. The maximum Gasteiger partial charge on any atom is 0.191 e. The molecular weight excluding hydrogens is 360 g/mol. The van der Waals surface area contributed by atoms with Crippen molar-refractivity contribution in [2.75, 3.05) is 5.32 Å². The fourth-order valence-electron chi connectivity index (χ4n) is 3.60. The Balaban J connectivity index is 1.57. The lowest BCUT2D eigenvalue weighted by Crippen LogP contribution is -2.21. The number of benzene rings is 3. The van der Waals surface area contributed by atoms with Crippen molar-refractivity contribution >= 4 is 33.4 Å². The second-order valence-corrected chi connectivity index (χ2v) is 6.86. The van der Waals surface area contributed by atoms with Gasteiger partial charge in [-0.2, -0.15) is 0 Å². The number of rotatable bonds is 5. The van der Waals surface area contributed by atoms with Crippen LogP contribution < -0.4 is 5.32 Å². The lowest BCUT2D eigenvalue weighted by molar-refractivity contribution is 0.0971. The summed E-state index contributed by atoms with van der Waals surface area (Å²) < 4.78 is 0. The van der Waals surface area contributed by atoms with Crippen molar-refractivity contribution in [1.82, 2.24) is 15.0 Å². The van der Waals surface area contributed by atoms with Crippen LogP contribution in [0.5, 0.6) is 0 Å². The summed E-state index contributed by atoms with van der Waals surface area (Å²) in [6.45, 7) is 0. The number of aromatic nitrogens is 3. The zero-order valence-electron chi connectivity index (χ0n) is 15.5. The highest BCUT2D eigenvalue weighted by molar-refractivity contribution is 6.11. The molecule has 0 amide bonds. The van der Waals surface area contributed by atoms with Gasteiger partial charge in [0, 0.05) is 40.7 Å². The highest BCUT2D eigenvalue weighted by atomic mass is 16.1. The molecule has 0 saturated heterocycles. The molecule has 5 heteroatoms. The van der Waals surface area contributed by atoms with Crippen LogP contribution >= 0.6 is 0 Å². The number of fused-ring (bicyclic) bond motifs is 2. The molecule has 0 saturated carbocycles. The molecule has 0 fully saturated rings. The van der Waals surface area contributed by atoms with E-state index in [1.54, 1.807) is 18.6 Å². The molecule has 0 aliphatic carbocycles. The number of nitrogens with zero attached hydrogens (tertiary/aromatic N) is 2. The highest BCUT2D eigenvalue weighted by Crippen LogP contribution is 2.28. The van der Waals surface area contributed by atoms with Gasteiger partial charge < -0.3 is 10.3 Å². The lowest BCUT2D eigenvalue weighted by Gasteiger charge is -2.19. The number of aromatic amines is 1. The molecule has 2 heterocycles. The van der Waals surface area contributed by atoms with E-state index < -0.39 is 6.04 Å². The SMILES string of the molecule is O=C(c1c[nH]c2ccccc12)C(Nc1ccc2nccnc2c1)c1ccccc1. The van der Waals surface area contributed by atoms with E-state index in [1.165, 1.54) is 0 Å². The van der Waals surface area contributed by atoms with Gasteiger partial charge in [-0.1, -0.05) is 48.5 Å². The fraction of sp³-hybridized carbons (Fsp3) is 0.0417. The monoisotopic (exact) mass is 378 g/mol. The molecule has 3 aromatic carbocycles. The van der Waals surface area contributed by atoms with Gasteiger partial charge in [-0.15, -0.1) is 0 Å². The van der Waals surface area contributed by atoms with Gasteiger partial charge in [0.2, 0.25) is 0 Å². The largest absolute Gasteiger partial charge is 0.371 e. The first-order valence-corrected chi connectivity index (χ1v) is 9.42. The van der Waals surface area contributed by atoms with Crippen molar-refractivity contribution in [3.63, 3.8) is 0 Å². The number of carbonyl (C=O) groups is 1. The third-order valence-electron chi connectivity index (χ3n) is 5.03. The minimum atomic E-state index is -0.524. The van der Waals surface area contributed by atoms with Gasteiger partial charge in [-0.05, 0) is 29.8 Å². The average Bonchev–Trinajstić information content (AvgIpc) is 3.22. The van der Waals surface area contributed by atoms with Gasteiger partial charge >= 0.3 is 0 Å². The Morgan fingerprint density at radius 3 is 2.48 bits per heavy atom. The number of hydrogen-bond acceptors (Lipinski definition) is 4. The van der Waals surface area contributed by atoms with Crippen LogP contribution in [0.2, 0.25) is 0 Å². The number of ketones is 1.